The maximum absolute atomic E-state index is 5.65. The van der Waals surface area contributed by atoms with Gasteiger partial charge in [0.25, 0.3) is 0 Å². The molecule has 0 saturated carbocycles. The Morgan fingerprint density at radius 3 is 2.59 bits per heavy atom. The van der Waals surface area contributed by atoms with E-state index in [1.54, 1.807) is 7.11 Å². The van der Waals surface area contributed by atoms with E-state index in [1.165, 1.54) is 5.69 Å². The lowest BCUT2D eigenvalue weighted by molar-refractivity contribution is 0.204. The van der Waals surface area contributed by atoms with Crippen LogP contribution in [-0.4, -0.2) is 26.3 Å². The van der Waals surface area contributed by atoms with E-state index in [4.69, 9.17) is 10.5 Å². The van der Waals surface area contributed by atoms with E-state index in [0.717, 1.165) is 23.2 Å². The largest absolute Gasteiger partial charge is 0.383 e. The van der Waals surface area contributed by atoms with E-state index in [2.05, 4.69) is 52.9 Å². The number of anilines is 1. The quantitative estimate of drug-likeness (QED) is 0.878. The van der Waals surface area contributed by atoms with Gasteiger partial charge in [0.2, 0.25) is 0 Å². The van der Waals surface area contributed by atoms with Crippen LogP contribution in [-0.2, 0) is 11.3 Å². The molecular formula is C13H21BrN2O. The third-order valence-electron chi connectivity index (χ3n) is 2.75. The predicted octanol–water partition coefficient (Wildman–Crippen LogP) is 2.77. The summed E-state index contributed by atoms with van der Waals surface area (Å²) in [5.41, 5.74) is 7.98. The van der Waals surface area contributed by atoms with Crippen LogP contribution in [0.4, 0.5) is 5.69 Å². The standard InChI is InChI=1S/C13H21BrN2O/c1-10(2)16(6-7-17-3)12-5-4-11(9-15)13(14)8-12/h4-5,8,10H,6-7,9,15H2,1-3H3. The van der Waals surface area contributed by atoms with Crippen LogP contribution in [0.1, 0.15) is 19.4 Å². The third kappa shape index (κ3) is 3.98. The van der Waals surface area contributed by atoms with Crippen molar-refractivity contribution >= 4 is 21.6 Å². The molecule has 0 amide bonds. The van der Waals surface area contributed by atoms with Crippen molar-refractivity contribution < 1.29 is 4.74 Å². The molecule has 0 spiro atoms. The summed E-state index contributed by atoms with van der Waals surface area (Å²) in [5, 5.41) is 0. The average Bonchev–Trinajstić information content (AvgIpc) is 2.29. The number of hydrogen-bond donors (Lipinski definition) is 1. The lowest BCUT2D eigenvalue weighted by Gasteiger charge is -2.29. The molecule has 0 bridgehead atoms. The summed E-state index contributed by atoms with van der Waals surface area (Å²) >= 11 is 3.55. The van der Waals surface area contributed by atoms with Gasteiger partial charge in [0.1, 0.15) is 0 Å². The topological polar surface area (TPSA) is 38.5 Å². The van der Waals surface area contributed by atoms with Gasteiger partial charge in [-0.15, -0.1) is 0 Å². The summed E-state index contributed by atoms with van der Waals surface area (Å²) in [6.45, 7) is 6.54. The summed E-state index contributed by atoms with van der Waals surface area (Å²) in [4.78, 5) is 2.31. The van der Waals surface area contributed by atoms with Gasteiger partial charge in [0.15, 0.2) is 0 Å². The Balaban J connectivity index is 2.90. The van der Waals surface area contributed by atoms with Crippen LogP contribution in [0.5, 0.6) is 0 Å². The lowest BCUT2D eigenvalue weighted by Crippen LogP contribution is -2.33. The number of methoxy groups -OCH3 is 1. The fourth-order valence-corrected chi connectivity index (χ4v) is 2.28. The highest BCUT2D eigenvalue weighted by atomic mass is 79.9. The molecule has 0 aliphatic rings. The van der Waals surface area contributed by atoms with Gasteiger partial charge in [-0.2, -0.15) is 0 Å². The van der Waals surface area contributed by atoms with Gasteiger partial charge in [-0.3, -0.25) is 0 Å². The second-order valence-electron chi connectivity index (χ2n) is 4.26. The Labute approximate surface area is 112 Å². The molecule has 0 aliphatic carbocycles. The zero-order chi connectivity index (χ0) is 12.8. The number of hydrogen-bond acceptors (Lipinski definition) is 3. The molecule has 0 unspecified atom stereocenters. The minimum absolute atomic E-state index is 0.445. The molecule has 3 nitrogen and oxygen atoms in total. The summed E-state index contributed by atoms with van der Waals surface area (Å²) in [5.74, 6) is 0. The van der Waals surface area contributed by atoms with Crippen molar-refractivity contribution in [1.82, 2.24) is 0 Å². The molecule has 0 heterocycles. The Hall–Kier alpha value is -0.580. The van der Waals surface area contributed by atoms with E-state index in [0.29, 0.717) is 12.6 Å². The summed E-state index contributed by atoms with van der Waals surface area (Å²) < 4.78 is 6.22. The fourth-order valence-electron chi connectivity index (χ4n) is 1.76. The molecule has 0 radical (unpaired) electrons. The van der Waals surface area contributed by atoms with Crippen LogP contribution in [0.25, 0.3) is 0 Å². The second-order valence-corrected chi connectivity index (χ2v) is 5.11. The first-order valence-corrected chi connectivity index (χ1v) is 6.63. The Morgan fingerprint density at radius 1 is 1.41 bits per heavy atom. The average molecular weight is 301 g/mol. The summed E-state index contributed by atoms with van der Waals surface area (Å²) in [7, 11) is 1.73. The molecule has 4 heteroatoms. The SMILES string of the molecule is COCCN(c1ccc(CN)c(Br)c1)C(C)C. The first-order chi connectivity index (χ1) is 8.10. The first-order valence-electron chi connectivity index (χ1n) is 5.84. The number of halogens is 1. The van der Waals surface area contributed by atoms with E-state index in [-0.39, 0.29) is 0 Å². The van der Waals surface area contributed by atoms with Gasteiger partial charge in [-0.1, -0.05) is 22.0 Å². The predicted molar refractivity (Wildman–Crippen MR) is 76.4 cm³/mol. The van der Waals surface area contributed by atoms with Gasteiger partial charge in [0.05, 0.1) is 6.61 Å². The Morgan fingerprint density at radius 2 is 2.12 bits per heavy atom. The van der Waals surface area contributed by atoms with Crippen LogP contribution >= 0.6 is 15.9 Å². The van der Waals surface area contributed by atoms with Crippen LogP contribution in [0.3, 0.4) is 0 Å². The van der Waals surface area contributed by atoms with Crippen LogP contribution < -0.4 is 10.6 Å². The van der Waals surface area contributed by atoms with E-state index in [9.17, 15) is 0 Å². The molecule has 1 aromatic carbocycles. The monoisotopic (exact) mass is 300 g/mol. The van der Waals surface area contributed by atoms with Gasteiger partial charge in [0, 0.05) is 36.4 Å². The molecule has 2 N–H and O–H groups in total. The number of nitrogens with zero attached hydrogens (tertiary/aromatic N) is 1. The number of rotatable bonds is 6. The minimum atomic E-state index is 0.445. The molecule has 0 fully saturated rings. The molecule has 0 aliphatic heterocycles. The molecule has 17 heavy (non-hydrogen) atoms. The summed E-state index contributed by atoms with van der Waals surface area (Å²) in [6.07, 6.45) is 0. The molecule has 0 aromatic heterocycles. The molecule has 96 valence electrons. The summed E-state index contributed by atoms with van der Waals surface area (Å²) in [6, 6.07) is 6.75. The third-order valence-corrected chi connectivity index (χ3v) is 3.49. The molecule has 1 aromatic rings. The second kappa shape index (κ2) is 6.99. The van der Waals surface area contributed by atoms with Gasteiger partial charge >= 0.3 is 0 Å². The van der Waals surface area contributed by atoms with Crippen LogP contribution in [0.2, 0.25) is 0 Å². The zero-order valence-corrected chi connectivity index (χ0v) is 12.3. The highest BCUT2D eigenvalue weighted by Crippen LogP contribution is 2.25. The van der Waals surface area contributed by atoms with E-state index >= 15 is 0 Å². The zero-order valence-electron chi connectivity index (χ0n) is 10.7. The van der Waals surface area contributed by atoms with E-state index in [1.807, 2.05) is 0 Å². The van der Waals surface area contributed by atoms with Crippen molar-refractivity contribution in [3.63, 3.8) is 0 Å². The smallest absolute Gasteiger partial charge is 0.0637 e. The lowest BCUT2D eigenvalue weighted by atomic mass is 10.1. The molecule has 1 rings (SSSR count). The maximum Gasteiger partial charge on any atom is 0.0637 e. The number of nitrogens with two attached hydrogens (primary N) is 1. The maximum atomic E-state index is 5.65. The molecule has 0 atom stereocenters. The highest BCUT2D eigenvalue weighted by Gasteiger charge is 2.11. The normalized spacial score (nSPS) is 10.9. The first kappa shape index (κ1) is 14.5. The van der Waals surface area contributed by atoms with Gasteiger partial charge in [-0.05, 0) is 31.5 Å². The number of ether oxygens (including phenoxy) is 1. The van der Waals surface area contributed by atoms with Crippen LogP contribution in [0.15, 0.2) is 22.7 Å². The van der Waals surface area contributed by atoms with E-state index < -0.39 is 0 Å². The highest BCUT2D eigenvalue weighted by molar-refractivity contribution is 9.10. The Bertz CT molecular complexity index is 355. The number of benzene rings is 1. The van der Waals surface area contributed by atoms with Crippen molar-refractivity contribution in [2.75, 3.05) is 25.2 Å². The minimum Gasteiger partial charge on any atom is -0.383 e. The van der Waals surface area contributed by atoms with Crippen molar-refractivity contribution in [3.05, 3.63) is 28.2 Å². The van der Waals surface area contributed by atoms with Crippen molar-refractivity contribution in [2.24, 2.45) is 5.73 Å². The van der Waals surface area contributed by atoms with Crippen molar-refractivity contribution in [3.8, 4) is 0 Å². The van der Waals surface area contributed by atoms with Crippen LogP contribution in [0, 0.1) is 0 Å². The molecular weight excluding hydrogens is 280 g/mol. The fraction of sp³-hybridized carbons (Fsp3) is 0.538. The van der Waals surface area contributed by atoms with Gasteiger partial charge in [-0.25, -0.2) is 0 Å². The van der Waals surface area contributed by atoms with Gasteiger partial charge < -0.3 is 15.4 Å². The Kier molecular flexibility index (Phi) is 5.95. The van der Waals surface area contributed by atoms with Crippen molar-refractivity contribution in [2.45, 2.75) is 26.4 Å². The van der Waals surface area contributed by atoms with Crippen molar-refractivity contribution in [1.29, 1.82) is 0 Å². The molecule has 0 saturated heterocycles.